The van der Waals surface area contributed by atoms with Crippen LogP contribution in [0, 0.1) is 5.92 Å². The molecule has 1 saturated heterocycles. The van der Waals surface area contributed by atoms with Crippen LogP contribution < -0.4 is 0 Å². The molecule has 0 saturated carbocycles. The van der Waals surface area contributed by atoms with Gasteiger partial charge in [-0.2, -0.15) is 0 Å². The Morgan fingerprint density at radius 1 is 1.67 bits per heavy atom. The first kappa shape index (κ1) is 6.78. The number of hydrogen-bond acceptors (Lipinski definition) is 2. The topological polar surface area (TPSA) is 18.5 Å². The predicted molar refractivity (Wildman–Crippen MR) is 34.8 cm³/mol. The first-order valence-electron chi connectivity index (χ1n) is 3.23. The summed E-state index contributed by atoms with van der Waals surface area (Å²) in [6.07, 6.45) is 3.17. The third kappa shape index (κ3) is 1.80. The van der Waals surface area contributed by atoms with Gasteiger partial charge in [0.2, 0.25) is 0 Å². The molecule has 2 heteroatoms. The molecular weight excluding hydrogens is 116 g/mol. The van der Waals surface area contributed by atoms with E-state index in [9.17, 15) is 0 Å². The maximum absolute atomic E-state index is 4.86. The highest BCUT2D eigenvalue weighted by molar-refractivity contribution is 4.81. The lowest BCUT2D eigenvalue weighted by Gasteiger charge is -2.23. The van der Waals surface area contributed by atoms with Crippen LogP contribution in [0.1, 0.15) is 13.3 Å². The molecule has 0 N–H and O–H groups in total. The van der Waals surface area contributed by atoms with Gasteiger partial charge in [-0.1, -0.05) is 6.08 Å². The molecule has 0 bridgehead atoms. The van der Waals surface area contributed by atoms with Gasteiger partial charge in [0.1, 0.15) is 0 Å². The number of hydrogen-bond donors (Lipinski definition) is 0. The molecule has 0 unspecified atom stereocenters. The Kier molecular flexibility index (Phi) is 2.25. The Labute approximate surface area is 55.4 Å². The summed E-state index contributed by atoms with van der Waals surface area (Å²) in [6, 6.07) is 0. The van der Waals surface area contributed by atoms with E-state index in [0.717, 1.165) is 6.42 Å². The normalized spacial score (nSPS) is 36.1. The standard InChI is InChI=1S/C7H12O2/c1-3-7-4-6(2)9-8-5-7/h3,6-7H,1,4-5H2,2H3/t6-,7+/m1/s1. The van der Waals surface area contributed by atoms with Crippen LogP contribution in [0.15, 0.2) is 12.7 Å². The SMILES string of the molecule is C=C[C@@H]1COO[C@H](C)C1. The van der Waals surface area contributed by atoms with E-state index in [2.05, 4.69) is 6.58 Å². The Morgan fingerprint density at radius 3 is 2.89 bits per heavy atom. The second kappa shape index (κ2) is 2.99. The molecule has 0 amide bonds. The molecule has 2 atom stereocenters. The lowest BCUT2D eigenvalue weighted by Crippen LogP contribution is -2.23. The molecule has 9 heavy (non-hydrogen) atoms. The molecule has 0 aliphatic carbocycles. The molecule has 1 fully saturated rings. The first-order valence-corrected chi connectivity index (χ1v) is 3.23. The van der Waals surface area contributed by atoms with Gasteiger partial charge in [0, 0.05) is 5.92 Å². The van der Waals surface area contributed by atoms with E-state index >= 15 is 0 Å². The lowest BCUT2D eigenvalue weighted by atomic mass is 10.0. The van der Waals surface area contributed by atoms with E-state index in [1.165, 1.54) is 0 Å². The van der Waals surface area contributed by atoms with Crippen LogP contribution in [0.25, 0.3) is 0 Å². The van der Waals surface area contributed by atoms with Gasteiger partial charge in [-0.25, -0.2) is 9.78 Å². The van der Waals surface area contributed by atoms with Crippen molar-refractivity contribution in [2.24, 2.45) is 5.92 Å². The van der Waals surface area contributed by atoms with Crippen molar-refractivity contribution in [2.45, 2.75) is 19.4 Å². The van der Waals surface area contributed by atoms with Crippen molar-refractivity contribution < 1.29 is 9.78 Å². The smallest absolute Gasteiger partial charge is 0.0908 e. The summed E-state index contributed by atoms with van der Waals surface area (Å²) in [5, 5.41) is 0. The third-order valence-corrected chi connectivity index (χ3v) is 1.48. The predicted octanol–water partition coefficient (Wildman–Crippen LogP) is 1.53. The highest BCUT2D eigenvalue weighted by Crippen LogP contribution is 2.16. The van der Waals surface area contributed by atoms with E-state index < -0.39 is 0 Å². The van der Waals surface area contributed by atoms with Crippen LogP contribution in [0.4, 0.5) is 0 Å². The van der Waals surface area contributed by atoms with Gasteiger partial charge in [-0.15, -0.1) is 6.58 Å². The first-order chi connectivity index (χ1) is 4.33. The molecule has 0 spiro atoms. The fourth-order valence-corrected chi connectivity index (χ4v) is 0.941. The average molecular weight is 128 g/mol. The van der Waals surface area contributed by atoms with E-state index in [1.807, 2.05) is 13.0 Å². The van der Waals surface area contributed by atoms with Crippen LogP contribution in [-0.2, 0) is 9.78 Å². The quantitative estimate of drug-likeness (QED) is 0.394. The molecule has 1 aliphatic heterocycles. The minimum Gasteiger partial charge on any atom is -0.236 e. The van der Waals surface area contributed by atoms with Crippen LogP contribution in [0.2, 0.25) is 0 Å². The molecule has 1 aliphatic rings. The van der Waals surface area contributed by atoms with Crippen molar-refractivity contribution in [3.05, 3.63) is 12.7 Å². The lowest BCUT2D eigenvalue weighted by molar-refractivity contribution is -0.348. The van der Waals surface area contributed by atoms with Gasteiger partial charge in [0.25, 0.3) is 0 Å². The summed E-state index contributed by atoms with van der Waals surface area (Å²) in [4.78, 5) is 9.68. The molecule has 1 rings (SSSR count). The number of rotatable bonds is 1. The zero-order valence-electron chi connectivity index (χ0n) is 5.67. The Hall–Kier alpha value is -0.340. The molecule has 0 radical (unpaired) electrons. The monoisotopic (exact) mass is 128 g/mol. The maximum Gasteiger partial charge on any atom is 0.0908 e. The van der Waals surface area contributed by atoms with Gasteiger partial charge in [-0.05, 0) is 13.3 Å². The van der Waals surface area contributed by atoms with Crippen molar-refractivity contribution in [2.75, 3.05) is 6.61 Å². The van der Waals surface area contributed by atoms with Crippen molar-refractivity contribution in [1.82, 2.24) is 0 Å². The largest absolute Gasteiger partial charge is 0.236 e. The molecule has 52 valence electrons. The van der Waals surface area contributed by atoms with Gasteiger partial charge in [0.05, 0.1) is 12.7 Å². The second-order valence-corrected chi connectivity index (χ2v) is 2.42. The summed E-state index contributed by atoms with van der Waals surface area (Å²) in [7, 11) is 0. The van der Waals surface area contributed by atoms with Gasteiger partial charge >= 0.3 is 0 Å². The molecule has 0 aromatic heterocycles. The van der Waals surface area contributed by atoms with E-state index in [1.54, 1.807) is 0 Å². The van der Waals surface area contributed by atoms with Gasteiger partial charge in [0.15, 0.2) is 0 Å². The van der Waals surface area contributed by atoms with Crippen molar-refractivity contribution in [3.63, 3.8) is 0 Å². The Morgan fingerprint density at radius 2 is 2.44 bits per heavy atom. The zero-order valence-corrected chi connectivity index (χ0v) is 5.67. The minimum atomic E-state index is 0.224. The van der Waals surface area contributed by atoms with Crippen LogP contribution in [0.3, 0.4) is 0 Å². The Balaban J connectivity index is 2.31. The van der Waals surface area contributed by atoms with Crippen molar-refractivity contribution in [1.29, 1.82) is 0 Å². The van der Waals surface area contributed by atoms with Crippen LogP contribution >= 0.6 is 0 Å². The zero-order chi connectivity index (χ0) is 6.69. The Bertz CT molecular complexity index is 101. The van der Waals surface area contributed by atoms with E-state index in [0.29, 0.717) is 12.5 Å². The summed E-state index contributed by atoms with van der Waals surface area (Å²) in [5.74, 6) is 0.480. The second-order valence-electron chi connectivity index (χ2n) is 2.42. The van der Waals surface area contributed by atoms with Crippen LogP contribution in [-0.4, -0.2) is 12.7 Å². The molecule has 1 heterocycles. The van der Waals surface area contributed by atoms with E-state index in [-0.39, 0.29) is 6.10 Å². The fraction of sp³-hybridized carbons (Fsp3) is 0.714. The summed E-state index contributed by atoms with van der Waals surface area (Å²) >= 11 is 0. The van der Waals surface area contributed by atoms with E-state index in [4.69, 9.17) is 9.78 Å². The molecule has 2 nitrogen and oxygen atoms in total. The average Bonchev–Trinajstić information content (AvgIpc) is 1.88. The highest BCUT2D eigenvalue weighted by atomic mass is 17.2. The maximum atomic E-state index is 4.86. The van der Waals surface area contributed by atoms with Crippen LogP contribution in [0.5, 0.6) is 0 Å². The minimum absolute atomic E-state index is 0.224. The summed E-state index contributed by atoms with van der Waals surface area (Å²) in [5.41, 5.74) is 0. The van der Waals surface area contributed by atoms with Crippen molar-refractivity contribution >= 4 is 0 Å². The third-order valence-electron chi connectivity index (χ3n) is 1.48. The summed E-state index contributed by atoms with van der Waals surface area (Å²) < 4.78 is 0. The summed E-state index contributed by atoms with van der Waals surface area (Å²) in [6.45, 7) is 6.34. The fourth-order valence-electron chi connectivity index (χ4n) is 0.941. The van der Waals surface area contributed by atoms with Gasteiger partial charge in [-0.3, -0.25) is 0 Å². The van der Waals surface area contributed by atoms with Gasteiger partial charge < -0.3 is 0 Å². The van der Waals surface area contributed by atoms with Crippen molar-refractivity contribution in [3.8, 4) is 0 Å². The molecule has 0 aromatic rings. The molecular formula is C7H12O2. The molecule has 0 aromatic carbocycles. The highest BCUT2D eigenvalue weighted by Gasteiger charge is 2.17.